The zero-order valence-corrected chi connectivity index (χ0v) is 11.9. The Bertz CT molecular complexity index is 327. The fourth-order valence-electron chi connectivity index (χ4n) is 4.09. The number of likely N-dealkylation sites (tertiary alicyclic amines) is 2. The van der Waals surface area contributed by atoms with Gasteiger partial charge in [0.1, 0.15) is 0 Å². The highest BCUT2D eigenvalue weighted by molar-refractivity contribution is 5.76. The van der Waals surface area contributed by atoms with Crippen LogP contribution in [0.1, 0.15) is 38.5 Å². The van der Waals surface area contributed by atoms with Crippen molar-refractivity contribution in [3.05, 3.63) is 0 Å². The lowest BCUT2D eigenvalue weighted by Gasteiger charge is -2.27. The number of hydrogen-bond acceptors (Lipinski definition) is 3. The van der Waals surface area contributed by atoms with Gasteiger partial charge < -0.3 is 15.5 Å². The number of hydrogen-bond donors (Lipinski definition) is 1. The number of fused-ring (bicyclic) bond motifs is 1. The van der Waals surface area contributed by atoms with Crippen molar-refractivity contribution in [2.45, 2.75) is 44.6 Å². The molecule has 1 saturated carbocycles. The van der Waals surface area contributed by atoms with E-state index in [1.54, 1.807) is 0 Å². The molecule has 0 aromatic heterocycles. The zero-order valence-electron chi connectivity index (χ0n) is 11.9. The zero-order chi connectivity index (χ0) is 13.2. The predicted molar refractivity (Wildman–Crippen MR) is 75.7 cm³/mol. The molecule has 1 amide bonds. The maximum atomic E-state index is 12.3. The van der Waals surface area contributed by atoms with Crippen molar-refractivity contribution >= 4 is 5.91 Å². The average Bonchev–Trinajstić information content (AvgIpc) is 3.04. The fourth-order valence-corrected chi connectivity index (χ4v) is 4.09. The maximum Gasteiger partial charge on any atom is 0.223 e. The van der Waals surface area contributed by atoms with Gasteiger partial charge in [0, 0.05) is 32.1 Å². The molecule has 1 unspecified atom stereocenters. The van der Waals surface area contributed by atoms with Crippen LogP contribution in [0.15, 0.2) is 0 Å². The van der Waals surface area contributed by atoms with Gasteiger partial charge in [-0.15, -0.1) is 0 Å². The van der Waals surface area contributed by atoms with Crippen molar-refractivity contribution in [2.24, 2.45) is 17.6 Å². The summed E-state index contributed by atoms with van der Waals surface area (Å²) in [5, 5.41) is 0. The number of amides is 1. The third kappa shape index (κ3) is 3.11. The van der Waals surface area contributed by atoms with Crippen molar-refractivity contribution in [1.82, 2.24) is 9.80 Å². The van der Waals surface area contributed by atoms with Crippen molar-refractivity contribution in [3.8, 4) is 0 Å². The van der Waals surface area contributed by atoms with Gasteiger partial charge in [0.05, 0.1) is 0 Å². The lowest BCUT2D eigenvalue weighted by Crippen LogP contribution is -2.33. The molecule has 1 aliphatic carbocycles. The summed E-state index contributed by atoms with van der Waals surface area (Å²) in [6.45, 7) is 5.30. The van der Waals surface area contributed by atoms with E-state index in [0.717, 1.165) is 38.4 Å². The SMILES string of the molecule is NC1CC[C@@H]2CN(C(=O)CCN3CCCC3)C[C@@H]2C1. The minimum atomic E-state index is 0.370. The number of nitrogens with two attached hydrogens (primary N) is 1. The van der Waals surface area contributed by atoms with Crippen LogP contribution >= 0.6 is 0 Å². The van der Waals surface area contributed by atoms with E-state index in [1.165, 1.54) is 32.4 Å². The van der Waals surface area contributed by atoms with Gasteiger partial charge in [0.15, 0.2) is 0 Å². The topological polar surface area (TPSA) is 49.6 Å². The highest BCUT2D eigenvalue weighted by Crippen LogP contribution is 2.35. The summed E-state index contributed by atoms with van der Waals surface area (Å²) >= 11 is 0. The lowest BCUT2D eigenvalue weighted by atomic mass is 9.79. The number of carbonyl (C=O) groups excluding carboxylic acids is 1. The van der Waals surface area contributed by atoms with E-state index in [1.807, 2.05) is 0 Å². The molecule has 2 N–H and O–H groups in total. The van der Waals surface area contributed by atoms with Gasteiger partial charge in [-0.25, -0.2) is 0 Å². The first-order valence-electron chi connectivity index (χ1n) is 7.98. The van der Waals surface area contributed by atoms with E-state index >= 15 is 0 Å². The molecule has 0 aromatic carbocycles. The Morgan fingerprint density at radius 2 is 1.84 bits per heavy atom. The van der Waals surface area contributed by atoms with Gasteiger partial charge in [0.2, 0.25) is 5.91 Å². The number of rotatable bonds is 3. The highest BCUT2D eigenvalue weighted by atomic mass is 16.2. The van der Waals surface area contributed by atoms with Gasteiger partial charge >= 0.3 is 0 Å². The van der Waals surface area contributed by atoms with Gasteiger partial charge in [-0.1, -0.05) is 0 Å². The Kier molecular flexibility index (Phi) is 4.08. The third-order valence-corrected chi connectivity index (χ3v) is 5.28. The molecular formula is C15H27N3O. The van der Waals surface area contributed by atoms with Crippen LogP contribution in [-0.2, 0) is 4.79 Å². The normalized spacial score (nSPS) is 35.6. The molecule has 0 bridgehead atoms. The molecule has 3 aliphatic rings. The first kappa shape index (κ1) is 13.4. The fraction of sp³-hybridized carbons (Fsp3) is 0.933. The highest BCUT2D eigenvalue weighted by Gasteiger charge is 2.38. The molecule has 19 heavy (non-hydrogen) atoms. The predicted octanol–water partition coefficient (Wildman–Crippen LogP) is 1.06. The second-order valence-corrected chi connectivity index (χ2v) is 6.69. The Labute approximate surface area is 116 Å². The number of nitrogens with zero attached hydrogens (tertiary/aromatic N) is 2. The van der Waals surface area contributed by atoms with Gasteiger partial charge in [-0.05, 0) is 57.0 Å². The van der Waals surface area contributed by atoms with Crippen LogP contribution in [0.3, 0.4) is 0 Å². The van der Waals surface area contributed by atoms with Gasteiger partial charge in [-0.2, -0.15) is 0 Å². The summed E-state index contributed by atoms with van der Waals surface area (Å²) in [5.74, 6) is 1.78. The molecule has 2 saturated heterocycles. The lowest BCUT2D eigenvalue weighted by molar-refractivity contribution is -0.130. The van der Waals surface area contributed by atoms with Crippen LogP contribution in [0.4, 0.5) is 0 Å². The van der Waals surface area contributed by atoms with Crippen LogP contribution in [-0.4, -0.2) is 54.5 Å². The minimum Gasteiger partial charge on any atom is -0.342 e. The van der Waals surface area contributed by atoms with Crippen molar-refractivity contribution < 1.29 is 4.79 Å². The first-order valence-corrected chi connectivity index (χ1v) is 7.98. The molecule has 3 rings (SSSR count). The third-order valence-electron chi connectivity index (χ3n) is 5.28. The van der Waals surface area contributed by atoms with Crippen molar-refractivity contribution in [1.29, 1.82) is 0 Å². The molecule has 4 nitrogen and oxygen atoms in total. The Morgan fingerprint density at radius 1 is 1.11 bits per heavy atom. The van der Waals surface area contributed by atoms with Crippen LogP contribution in [0.25, 0.3) is 0 Å². The molecule has 108 valence electrons. The van der Waals surface area contributed by atoms with Crippen LogP contribution < -0.4 is 5.73 Å². The second kappa shape index (κ2) is 5.80. The minimum absolute atomic E-state index is 0.370. The van der Waals surface area contributed by atoms with E-state index in [0.29, 0.717) is 24.3 Å². The Morgan fingerprint density at radius 3 is 2.63 bits per heavy atom. The van der Waals surface area contributed by atoms with Gasteiger partial charge in [-0.3, -0.25) is 4.79 Å². The van der Waals surface area contributed by atoms with Crippen LogP contribution in [0, 0.1) is 11.8 Å². The maximum absolute atomic E-state index is 12.3. The molecule has 3 fully saturated rings. The van der Waals surface area contributed by atoms with Crippen molar-refractivity contribution in [2.75, 3.05) is 32.7 Å². The summed E-state index contributed by atoms with van der Waals surface area (Å²) in [7, 11) is 0. The first-order chi connectivity index (χ1) is 9.22. The molecular weight excluding hydrogens is 238 g/mol. The van der Waals surface area contributed by atoms with E-state index in [4.69, 9.17) is 5.73 Å². The van der Waals surface area contributed by atoms with E-state index < -0.39 is 0 Å². The molecule has 0 radical (unpaired) electrons. The Hall–Kier alpha value is -0.610. The Balaban J connectivity index is 1.45. The summed E-state index contributed by atoms with van der Waals surface area (Å²) in [4.78, 5) is 16.8. The standard InChI is InChI=1S/C15H27N3O/c16-14-4-3-12-10-18(11-13(12)9-14)15(19)5-8-17-6-1-2-7-17/h12-14H,1-11,16H2/t12-,13+,14?/m1/s1. The van der Waals surface area contributed by atoms with Crippen LogP contribution in [0.5, 0.6) is 0 Å². The summed E-state index contributed by atoms with van der Waals surface area (Å²) in [6, 6.07) is 0.376. The molecule has 0 aromatic rings. The molecule has 3 atom stereocenters. The summed E-state index contributed by atoms with van der Waals surface area (Å²) in [5.41, 5.74) is 6.04. The summed E-state index contributed by atoms with van der Waals surface area (Å²) < 4.78 is 0. The smallest absolute Gasteiger partial charge is 0.223 e. The number of carbonyl (C=O) groups is 1. The molecule has 2 aliphatic heterocycles. The second-order valence-electron chi connectivity index (χ2n) is 6.69. The molecule has 0 spiro atoms. The van der Waals surface area contributed by atoms with E-state index in [2.05, 4.69) is 9.80 Å². The summed E-state index contributed by atoms with van der Waals surface area (Å²) in [6.07, 6.45) is 6.82. The van der Waals surface area contributed by atoms with Crippen molar-refractivity contribution in [3.63, 3.8) is 0 Å². The van der Waals surface area contributed by atoms with Crippen LogP contribution in [0.2, 0.25) is 0 Å². The van der Waals surface area contributed by atoms with Gasteiger partial charge in [0.25, 0.3) is 0 Å². The largest absolute Gasteiger partial charge is 0.342 e. The van der Waals surface area contributed by atoms with E-state index in [-0.39, 0.29) is 0 Å². The average molecular weight is 265 g/mol. The van der Waals surface area contributed by atoms with E-state index in [9.17, 15) is 4.79 Å². The monoisotopic (exact) mass is 265 g/mol. The molecule has 2 heterocycles. The molecule has 4 heteroatoms. The quantitative estimate of drug-likeness (QED) is 0.830.